The topological polar surface area (TPSA) is 65.7 Å². The Kier molecular flexibility index (Phi) is 5.74. The first kappa shape index (κ1) is 19.8. The van der Waals surface area contributed by atoms with Crippen molar-refractivity contribution < 1.29 is 27.9 Å². The molecule has 0 bridgehead atoms. The van der Waals surface area contributed by atoms with Gasteiger partial charge in [-0.05, 0) is 61.5 Å². The molecule has 1 heterocycles. The maximum Gasteiger partial charge on any atom is 0.338 e. The van der Waals surface area contributed by atoms with Crippen LogP contribution in [0.15, 0.2) is 83.8 Å². The fourth-order valence-corrected chi connectivity index (χ4v) is 2.42. The predicted octanol–water partition coefficient (Wildman–Crippen LogP) is 5.33. The van der Waals surface area contributed by atoms with E-state index in [4.69, 9.17) is 13.9 Å². The van der Waals surface area contributed by atoms with Gasteiger partial charge in [0.1, 0.15) is 17.3 Å². The number of ether oxygens (including phenoxy) is 2. The number of rotatable bonds is 6. The summed E-state index contributed by atoms with van der Waals surface area (Å²) in [6.45, 7) is 8.37. The molecule has 3 aromatic rings. The molecular weight excluding hydrogens is 375 g/mol. The summed E-state index contributed by atoms with van der Waals surface area (Å²) >= 11 is 0. The van der Waals surface area contributed by atoms with E-state index in [1.54, 1.807) is 49.4 Å². The molecule has 0 saturated carbocycles. The van der Waals surface area contributed by atoms with Crippen molar-refractivity contribution in [3.05, 3.63) is 85.2 Å². The molecule has 5 nitrogen and oxygen atoms in total. The van der Waals surface area contributed by atoms with E-state index in [9.17, 15) is 14.0 Å². The molecule has 0 N–H and O–H groups in total. The molecule has 0 radical (unpaired) electrons. The van der Waals surface area contributed by atoms with E-state index in [0.29, 0.717) is 28.4 Å². The third-order valence-corrected chi connectivity index (χ3v) is 3.90. The van der Waals surface area contributed by atoms with Gasteiger partial charge in [-0.25, -0.2) is 14.0 Å². The fourth-order valence-electron chi connectivity index (χ4n) is 2.42. The van der Waals surface area contributed by atoms with Gasteiger partial charge in [-0.15, -0.1) is 0 Å². The monoisotopic (exact) mass is 392 g/mol. The highest BCUT2D eigenvalue weighted by Crippen LogP contribution is 2.31. The van der Waals surface area contributed by atoms with Crippen LogP contribution < -0.4 is 9.47 Å². The zero-order valence-corrected chi connectivity index (χ0v) is 15.6. The van der Waals surface area contributed by atoms with Crippen LogP contribution in [0, 0.1) is 5.82 Å². The van der Waals surface area contributed by atoms with E-state index in [-0.39, 0.29) is 5.75 Å². The number of furan rings is 1. The molecule has 0 aliphatic carbocycles. The summed E-state index contributed by atoms with van der Waals surface area (Å²) in [6, 6.07) is 14.3. The molecule has 6 heteroatoms. The Morgan fingerprint density at radius 1 is 0.966 bits per heavy atom. The maximum absolute atomic E-state index is 14.2. The minimum absolute atomic E-state index is 0.190. The lowest BCUT2D eigenvalue weighted by Crippen LogP contribution is -2.07. The van der Waals surface area contributed by atoms with Crippen molar-refractivity contribution in [2.24, 2.45) is 0 Å². The minimum Gasteiger partial charge on any atom is -0.456 e. The van der Waals surface area contributed by atoms with Gasteiger partial charge in [0, 0.05) is 22.8 Å². The summed E-state index contributed by atoms with van der Waals surface area (Å²) in [4.78, 5) is 22.8. The number of hydrogen-bond donors (Lipinski definition) is 0. The third-order valence-electron chi connectivity index (χ3n) is 3.90. The largest absolute Gasteiger partial charge is 0.456 e. The van der Waals surface area contributed by atoms with Crippen molar-refractivity contribution in [2.75, 3.05) is 0 Å². The van der Waals surface area contributed by atoms with Crippen LogP contribution in [0.1, 0.15) is 6.92 Å². The normalized spacial score (nSPS) is 10.3. The van der Waals surface area contributed by atoms with E-state index in [0.717, 1.165) is 11.6 Å². The molecular formula is C23H17FO5. The highest BCUT2D eigenvalue weighted by atomic mass is 19.1. The van der Waals surface area contributed by atoms with Gasteiger partial charge in [-0.3, -0.25) is 0 Å². The molecule has 0 aliphatic heterocycles. The summed E-state index contributed by atoms with van der Waals surface area (Å²) in [6.07, 6.45) is 0.955. The standard InChI is InChI=1S/C23H17FO5/c1-4-22(25)29-21-10-7-16(13-18(21)24)20-12-11-19(28-20)15-5-8-17(9-6-15)27-23(26)14(2)3/h4-13H,1-2H2,3H3. The van der Waals surface area contributed by atoms with Crippen LogP contribution in [-0.4, -0.2) is 11.9 Å². The van der Waals surface area contributed by atoms with Crippen molar-refractivity contribution in [3.8, 4) is 34.1 Å². The van der Waals surface area contributed by atoms with E-state index in [1.807, 2.05) is 0 Å². The second kappa shape index (κ2) is 8.39. The minimum atomic E-state index is -0.741. The molecule has 3 rings (SSSR count). The first-order chi connectivity index (χ1) is 13.9. The molecule has 0 atom stereocenters. The van der Waals surface area contributed by atoms with Crippen LogP contribution >= 0.6 is 0 Å². The van der Waals surface area contributed by atoms with Gasteiger partial charge in [-0.2, -0.15) is 0 Å². The van der Waals surface area contributed by atoms with Crippen LogP contribution in [0.3, 0.4) is 0 Å². The zero-order chi connectivity index (χ0) is 21.0. The molecule has 0 amide bonds. The molecule has 0 fully saturated rings. The van der Waals surface area contributed by atoms with Crippen molar-refractivity contribution in [1.82, 2.24) is 0 Å². The summed E-state index contributed by atoms with van der Waals surface area (Å²) in [7, 11) is 0. The van der Waals surface area contributed by atoms with E-state index in [1.165, 1.54) is 12.1 Å². The molecule has 0 unspecified atom stereocenters. The molecule has 0 saturated heterocycles. The van der Waals surface area contributed by atoms with Crippen LogP contribution in [0.25, 0.3) is 22.6 Å². The summed E-state index contributed by atoms with van der Waals surface area (Å²) in [5, 5.41) is 0. The fraction of sp³-hybridized carbons (Fsp3) is 0.0435. The Balaban J connectivity index is 1.78. The molecule has 29 heavy (non-hydrogen) atoms. The Morgan fingerprint density at radius 3 is 2.17 bits per heavy atom. The number of carbonyl (C=O) groups excluding carboxylic acids is 2. The van der Waals surface area contributed by atoms with Gasteiger partial charge in [0.2, 0.25) is 0 Å². The number of halogens is 1. The molecule has 2 aromatic carbocycles. The van der Waals surface area contributed by atoms with Crippen LogP contribution in [-0.2, 0) is 9.59 Å². The predicted molar refractivity (Wildman–Crippen MR) is 106 cm³/mol. The van der Waals surface area contributed by atoms with Gasteiger partial charge >= 0.3 is 11.9 Å². The molecule has 1 aromatic heterocycles. The van der Waals surface area contributed by atoms with Crippen molar-refractivity contribution in [3.63, 3.8) is 0 Å². The summed E-state index contributed by atoms with van der Waals surface area (Å²) in [5.74, 6) is -0.736. The zero-order valence-electron chi connectivity index (χ0n) is 15.6. The molecule has 0 spiro atoms. The summed E-state index contributed by atoms with van der Waals surface area (Å²) < 4.78 is 29.9. The third kappa shape index (κ3) is 4.68. The number of carbonyl (C=O) groups is 2. The lowest BCUT2D eigenvalue weighted by molar-refractivity contribution is -0.130. The smallest absolute Gasteiger partial charge is 0.338 e. The van der Waals surface area contributed by atoms with E-state index < -0.39 is 17.8 Å². The number of hydrogen-bond acceptors (Lipinski definition) is 5. The average molecular weight is 392 g/mol. The second-order valence-electron chi connectivity index (χ2n) is 6.13. The average Bonchev–Trinajstić information content (AvgIpc) is 3.20. The maximum atomic E-state index is 14.2. The van der Waals surface area contributed by atoms with Gasteiger partial charge in [0.05, 0.1) is 0 Å². The molecule has 146 valence electrons. The highest BCUT2D eigenvalue weighted by Gasteiger charge is 2.12. The first-order valence-corrected chi connectivity index (χ1v) is 8.59. The van der Waals surface area contributed by atoms with Gasteiger partial charge in [0.25, 0.3) is 0 Å². The quantitative estimate of drug-likeness (QED) is 0.322. The lowest BCUT2D eigenvalue weighted by Gasteiger charge is -2.05. The second-order valence-corrected chi connectivity index (χ2v) is 6.13. The number of esters is 2. The first-order valence-electron chi connectivity index (χ1n) is 8.59. The highest BCUT2D eigenvalue weighted by molar-refractivity contribution is 5.88. The van der Waals surface area contributed by atoms with Crippen molar-refractivity contribution in [2.45, 2.75) is 6.92 Å². The van der Waals surface area contributed by atoms with E-state index in [2.05, 4.69) is 13.2 Å². The van der Waals surface area contributed by atoms with Crippen LogP contribution in [0.4, 0.5) is 4.39 Å². The van der Waals surface area contributed by atoms with E-state index >= 15 is 0 Å². The molecule has 0 aliphatic rings. The van der Waals surface area contributed by atoms with Crippen LogP contribution in [0.5, 0.6) is 11.5 Å². The Labute approximate surface area is 166 Å². The summed E-state index contributed by atoms with van der Waals surface area (Å²) in [5.41, 5.74) is 1.55. The Hall–Kier alpha value is -3.93. The Morgan fingerprint density at radius 2 is 1.59 bits per heavy atom. The van der Waals surface area contributed by atoms with Gasteiger partial charge in [0.15, 0.2) is 11.6 Å². The Bertz CT molecular complexity index is 1090. The van der Waals surface area contributed by atoms with Crippen molar-refractivity contribution in [1.29, 1.82) is 0 Å². The van der Waals surface area contributed by atoms with Gasteiger partial charge in [-0.1, -0.05) is 13.2 Å². The van der Waals surface area contributed by atoms with Gasteiger partial charge < -0.3 is 13.9 Å². The lowest BCUT2D eigenvalue weighted by atomic mass is 10.1. The SMILES string of the molecule is C=CC(=O)Oc1ccc(-c2ccc(-c3ccc(OC(=O)C(=C)C)cc3)o2)cc1F. The van der Waals surface area contributed by atoms with Crippen LogP contribution in [0.2, 0.25) is 0 Å². The number of benzene rings is 2. The van der Waals surface area contributed by atoms with Crippen molar-refractivity contribution >= 4 is 11.9 Å².